The molecule has 3 heterocycles. The lowest BCUT2D eigenvalue weighted by molar-refractivity contribution is 0.201. The van der Waals surface area contributed by atoms with Crippen molar-refractivity contribution in [1.29, 1.82) is 0 Å². The third-order valence-electron chi connectivity index (χ3n) is 4.44. The van der Waals surface area contributed by atoms with Crippen LogP contribution in [0.5, 0.6) is 0 Å². The summed E-state index contributed by atoms with van der Waals surface area (Å²) < 4.78 is 0. The third-order valence-corrected chi connectivity index (χ3v) is 4.44. The molecule has 0 radical (unpaired) electrons. The zero-order valence-corrected chi connectivity index (χ0v) is 12.5. The summed E-state index contributed by atoms with van der Waals surface area (Å²) in [5, 5.41) is 0. The van der Waals surface area contributed by atoms with Gasteiger partial charge in [-0.25, -0.2) is 9.97 Å². The molecule has 20 heavy (non-hydrogen) atoms. The first-order chi connectivity index (χ1) is 9.63. The van der Waals surface area contributed by atoms with E-state index in [4.69, 9.17) is 5.73 Å². The number of hydrogen-bond donors (Lipinski definition) is 1. The molecule has 5 heteroatoms. The van der Waals surface area contributed by atoms with Gasteiger partial charge in [0.2, 0.25) is 5.95 Å². The normalized spacial score (nSPS) is 28.4. The van der Waals surface area contributed by atoms with Crippen molar-refractivity contribution in [2.24, 2.45) is 5.73 Å². The molecule has 3 atom stereocenters. The number of rotatable bonds is 3. The lowest BCUT2D eigenvalue weighted by Crippen LogP contribution is -2.55. The van der Waals surface area contributed by atoms with Gasteiger partial charge in [-0.05, 0) is 45.2 Å². The van der Waals surface area contributed by atoms with Crippen LogP contribution in [0.1, 0.15) is 32.3 Å². The van der Waals surface area contributed by atoms with Crippen LogP contribution < -0.4 is 10.6 Å². The zero-order chi connectivity index (χ0) is 14.1. The van der Waals surface area contributed by atoms with E-state index in [1.807, 2.05) is 19.3 Å². The first-order valence-electron chi connectivity index (χ1n) is 7.70. The molecule has 2 aliphatic rings. The van der Waals surface area contributed by atoms with Crippen molar-refractivity contribution >= 4 is 5.95 Å². The monoisotopic (exact) mass is 275 g/mol. The van der Waals surface area contributed by atoms with Crippen molar-refractivity contribution in [2.75, 3.05) is 24.5 Å². The van der Waals surface area contributed by atoms with Gasteiger partial charge in [0.1, 0.15) is 0 Å². The maximum Gasteiger partial charge on any atom is 0.225 e. The Hall–Kier alpha value is -1.20. The highest BCUT2D eigenvalue weighted by molar-refractivity contribution is 5.33. The summed E-state index contributed by atoms with van der Waals surface area (Å²) in [6.45, 7) is 7.74. The minimum absolute atomic E-state index is 0.158. The molecule has 1 aromatic rings. The van der Waals surface area contributed by atoms with Gasteiger partial charge in [0, 0.05) is 43.6 Å². The maximum atomic E-state index is 5.81. The minimum atomic E-state index is 0.158. The largest absolute Gasteiger partial charge is 0.335 e. The average Bonchev–Trinajstić information content (AvgIpc) is 2.85. The SMILES string of the molecule is CC(N)Cc1cnc(N2CC3CCCN3CC2C)nc1. The quantitative estimate of drug-likeness (QED) is 0.893. The molecule has 2 aliphatic heterocycles. The van der Waals surface area contributed by atoms with Crippen molar-refractivity contribution < 1.29 is 0 Å². The summed E-state index contributed by atoms with van der Waals surface area (Å²) >= 11 is 0. The van der Waals surface area contributed by atoms with E-state index in [-0.39, 0.29) is 6.04 Å². The molecule has 0 amide bonds. The fourth-order valence-corrected chi connectivity index (χ4v) is 3.44. The molecule has 2 fully saturated rings. The fourth-order valence-electron chi connectivity index (χ4n) is 3.44. The average molecular weight is 275 g/mol. The summed E-state index contributed by atoms with van der Waals surface area (Å²) in [4.78, 5) is 14.1. The second-order valence-corrected chi connectivity index (χ2v) is 6.37. The number of anilines is 1. The molecule has 2 saturated heterocycles. The second kappa shape index (κ2) is 5.66. The van der Waals surface area contributed by atoms with Gasteiger partial charge in [-0.1, -0.05) is 0 Å². The number of aromatic nitrogens is 2. The maximum absolute atomic E-state index is 5.81. The molecule has 1 aromatic heterocycles. The molecular formula is C15H25N5. The molecule has 0 spiro atoms. The van der Waals surface area contributed by atoms with Gasteiger partial charge in [0.25, 0.3) is 0 Å². The summed E-state index contributed by atoms with van der Waals surface area (Å²) in [7, 11) is 0. The number of nitrogens with two attached hydrogens (primary N) is 1. The molecule has 3 unspecified atom stereocenters. The van der Waals surface area contributed by atoms with Crippen LogP contribution in [0.3, 0.4) is 0 Å². The first-order valence-corrected chi connectivity index (χ1v) is 7.70. The van der Waals surface area contributed by atoms with Crippen LogP contribution in [-0.2, 0) is 6.42 Å². The minimum Gasteiger partial charge on any atom is -0.335 e. The Bertz CT molecular complexity index is 444. The van der Waals surface area contributed by atoms with Gasteiger partial charge in [-0.15, -0.1) is 0 Å². The molecule has 0 aromatic carbocycles. The van der Waals surface area contributed by atoms with Gasteiger partial charge in [-0.2, -0.15) is 0 Å². The van der Waals surface area contributed by atoms with Crippen LogP contribution in [0.2, 0.25) is 0 Å². The Kier molecular flexibility index (Phi) is 3.89. The highest BCUT2D eigenvalue weighted by Gasteiger charge is 2.35. The van der Waals surface area contributed by atoms with E-state index in [9.17, 15) is 0 Å². The van der Waals surface area contributed by atoms with Gasteiger partial charge < -0.3 is 10.6 Å². The summed E-state index contributed by atoms with van der Waals surface area (Å²) in [5.74, 6) is 0.873. The lowest BCUT2D eigenvalue weighted by atomic mass is 10.1. The Balaban J connectivity index is 1.71. The Morgan fingerprint density at radius 2 is 2.10 bits per heavy atom. The Morgan fingerprint density at radius 1 is 1.35 bits per heavy atom. The standard InChI is InChI=1S/C15H25N5/c1-11(16)6-13-7-17-15(18-8-13)20-10-14-4-3-5-19(14)9-12(20)2/h7-8,11-12,14H,3-6,9-10,16H2,1-2H3. The smallest absolute Gasteiger partial charge is 0.225 e. The van der Waals surface area contributed by atoms with Crippen LogP contribution in [0.4, 0.5) is 5.95 Å². The summed E-state index contributed by atoms with van der Waals surface area (Å²) in [6.07, 6.45) is 7.34. The topological polar surface area (TPSA) is 58.3 Å². The molecule has 5 nitrogen and oxygen atoms in total. The molecular weight excluding hydrogens is 250 g/mol. The van der Waals surface area contributed by atoms with E-state index < -0.39 is 0 Å². The van der Waals surface area contributed by atoms with Gasteiger partial charge in [-0.3, -0.25) is 4.90 Å². The van der Waals surface area contributed by atoms with E-state index >= 15 is 0 Å². The Morgan fingerprint density at radius 3 is 2.80 bits per heavy atom. The van der Waals surface area contributed by atoms with Crippen LogP contribution in [-0.4, -0.2) is 52.6 Å². The van der Waals surface area contributed by atoms with Crippen molar-refractivity contribution in [1.82, 2.24) is 14.9 Å². The van der Waals surface area contributed by atoms with Gasteiger partial charge >= 0.3 is 0 Å². The van der Waals surface area contributed by atoms with E-state index in [0.717, 1.165) is 31.0 Å². The summed E-state index contributed by atoms with van der Waals surface area (Å²) in [5.41, 5.74) is 6.94. The first kappa shape index (κ1) is 13.8. The van der Waals surface area contributed by atoms with Crippen molar-refractivity contribution in [2.45, 2.75) is 51.2 Å². The van der Waals surface area contributed by atoms with E-state index in [1.165, 1.54) is 19.4 Å². The number of nitrogens with zero attached hydrogens (tertiary/aromatic N) is 4. The van der Waals surface area contributed by atoms with Gasteiger partial charge in [0.15, 0.2) is 0 Å². The molecule has 110 valence electrons. The molecule has 3 rings (SSSR count). The second-order valence-electron chi connectivity index (χ2n) is 6.37. The van der Waals surface area contributed by atoms with E-state index in [1.54, 1.807) is 0 Å². The lowest BCUT2D eigenvalue weighted by Gasteiger charge is -2.42. The zero-order valence-electron chi connectivity index (χ0n) is 12.5. The molecule has 0 saturated carbocycles. The molecule has 0 bridgehead atoms. The van der Waals surface area contributed by atoms with Crippen molar-refractivity contribution in [3.05, 3.63) is 18.0 Å². The fraction of sp³-hybridized carbons (Fsp3) is 0.733. The number of fused-ring (bicyclic) bond motifs is 1. The molecule has 0 aliphatic carbocycles. The van der Waals surface area contributed by atoms with E-state index in [2.05, 4.69) is 26.7 Å². The van der Waals surface area contributed by atoms with Crippen LogP contribution in [0.25, 0.3) is 0 Å². The van der Waals surface area contributed by atoms with Crippen LogP contribution in [0, 0.1) is 0 Å². The number of piperazine rings is 1. The van der Waals surface area contributed by atoms with Gasteiger partial charge in [0.05, 0.1) is 0 Å². The van der Waals surface area contributed by atoms with E-state index in [0.29, 0.717) is 12.1 Å². The number of hydrogen-bond acceptors (Lipinski definition) is 5. The summed E-state index contributed by atoms with van der Waals surface area (Å²) in [6, 6.07) is 1.34. The van der Waals surface area contributed by atoms with Crippen molar-refractivity contribution in [3.8, 4) is 0 Å². The van der Waals surface area contributed by atoms with Crippen molar-refractivity contribution in [3.63, 3.8) is 0 Å². The van der Waals surface area contributed by atoms with Crippen LogP contribution >= 0.6 is 0 Å². The highest BCUT2D eigenvalue weighted by atomic mass is 15.4. The highest BCUT2D eigenvalue weighted by Crippen LogP contribution is 2.26. The predicted octanol–water partition coefficient (Wildman–Crippen LogP) is 1.04. The Labute approximate surface area is 121 Å². The third kappa shape index (κ3) is 2.79. The molecule has 2 N–H and O–H groups in total. The van der Waals surface area contributed by atoms with Crippen LogP contribution in [0.15, 0.2) is 12.4 Å². The predicted molar refractivity (Wildman–Crippen MR) is 80.8 cm³/mol.